The second-order valence-electron chi connectivity index (χ2n) is 4.56. The summed E-state index contributed by atoms with van der Waals surface area (Å²) in [6.07, 6.45) is 0. The van der Waals surface area contributed by atoms with Gasteiger partial charge in [0, 0.05) is 15.1 Å². The number of halogens is 1. The average molecular weight is 318 g/mol. The number of thioether (sulfide) groups is 1. The third kappa shape index (κ3) is 5.46. The number of carbonyl (C=O) groups excluding carboxylic acids is 1. The smallest absolute Gasteiger partial charge is 0.316 e. The molecule has 3 nitrogen and oxygen atoms in total. The van der Waals surface area contributed by atoms with Crippen molar-refractivity contribution in [1.82, 2.24) is 0 Å². The minimum Gasteiger partial charge on any atom is -0.459 e. The molecule has 0 bridgehead atoms. The predicted octanol–water partition coefficient (Wildman–Crippen LogP) is 3.47. The lowest BCUT2D eigenvalue weighted by atomic mass is 10.2. The van der Waals surface area contributed by atoms with Crippen LogP contribution in [0, 0.1) is 0 Å². The van der Waals surface area contributed by atoms with Gasteiger partial charge in [0.15, 0.2) is 0 Å². The molecular weight excluding hydrogens is 302 g/mol. The van der Waals surface area contributed by atoms with E-state index in [2.05, 4.69) is 15.9 Å². The molecule has 0 spiro atoms. The Kier molecular flexibility index (Phi) is 4.89. The van der Waals surface area contributed by atoms with E-state index in [9.17, 15) is 4.79 Å². The number of nitrogens with two attached hydrogens (primary N) is 1. The Morgan fingerprint density at radius 3 is 2.71 bits per heavy atom. The van der Waals surface area contributed by atoms with Gasteiger partial charge in [0.25, 0.3) is 0 Å². The van der Waals surface area contributed by atoms with Gasteiger partial charge in [0.05, 0.1) is 5.75 Å². The number of ether oxygens (including phenoxy) is 1. The van der Waals surface area contributed by atoms with E-state index in [0.717, 1.165) is 9.37 Å². The minimum absolute atomic E-state index is 0.234. The number of benzene rings is 1. The molecule has 0 unspecified atom stereocenters. The highest BCUT2D eigenvalue weighted by Gasteiger charge is 2.16. The lowest BCUT2D eigenvalue weighted by Gasteiger charge is -2.19. The first kappa shape index (κ1) is 14.4. The number of carbonyl (C=O) groups is 1. The third-order valence-electron chi connectivity index (χ3n) is 1.74. The molecule has 0 atom stereocenters. The number of esters is 1. The van der Waals surface area contributed by atoms with Gasteiger partial charge < -0.3 is 10.5 Å². The number of anilines is 1. The van der Waals surface area contributed by atoms with Crippen LogP contribution in [-0.2, 0) is 9.53 Å². The molecule has 0 fully saturated rings. The first-order valence-corrected chi connectivity index (χ1v) is 6.95. The summed E-state index contributed by atoms with van der Waals surface area (Å²) in [5, 5.41) is 0. The molecule has 5 heteroatoms. The Morgan fingerprint density at radius 1 is 1.47 bits per heavy atom. The van der Waals surface area contributed by atoms with Crippen molar-refractivity contribution in [3.8, 4) is 0 Å². The zero-order valence-corrected chi connectivity index (χ0v) is 12.5. The van der Waals surface area contributed by atoms with Crippen LogP contribution in [0.25, 0.3) is 0 Å². The summed E-state index contributed by atoms with van der Waals surface area (Å²) in [5.41, 5.74) is 6.03. The van der Waals surface area contributed by atoms with Crippen LogP contribution in [0.1, 0.15) is 20.8 Å². The van der Waals surface area contributed by atoms with Gasteiger partial charge in [0.1, 0.15) is 5.60 Å². The van der Waals surface area contributed by atoms with Crippen LogP contribution in [-0.4, -0.2) is 17.3 Å². The Morgan fingerprint density at radius 2 is 2.12 bits per heavy atom. The van der Waals surface area contributed by atoms with E-state index in [-0.39, 0.29) is 11.7 Å². The molecule has 0 aliphatic rings. The zero-order chi connectivity index (χ0) is 13.1. The fourth-order valence-electron chi connectivity index (χ4n) is 1.14. The highest BCUT2D eigenvalue weighted by molar-refractivity contribution is 9.10. The maximum Gasteiger partial charge on any atom is 0.316 e. The van der Waals surface area contributed by atoms with Crippen LogP contribution in [0.5, 0.6) is 0 Å². The molecule has 0 radical (unpaired) electrons. The third-order valence-corrected chi connectivity index (χ3v) is 3.28. The van der Waals surface area contributed by atoms with Crippen LogP contribution in [0.4, 0.5) is 5.69 Å². The van der Waals surface area contributed by atoms with Crippen LogP contribution in [0.2, 0.25) is 0 Å². The van der Waals surface area contributed by atoms with Crippen LogP contribution in [0.15, 0.2) is 27.6 Å². The number of hydrogen-bond donors (Lipinski definition) is 1. The second-order valence-corrected chi connectivity index (χ2v) is 6.49. The molecule has 0 aliphatic carbocycles. The summed E-state index contributed by atoms with van der Waals surface area (Å²) in [4.78, 5) is 12.4. The molecule has 1 aromatic rings. The number of hydrogen-bond acceptors (Lipinski definition) is 4. The van der Waals surface area contributed by atoms with E-state index < -0.39 is 5.60 Å². The van der Waals surface area contributed by atoms with Gasteiger partial charge in [-0.2, -0.15) is 0 Å². The van der Waals surface area contributed by atoms with Crippen LogP contribution >= 0.6 is 27.7 Å². The maximum atomic E-state index is 11.5. The van der Waals surface area contributed by atoms with E-state index in [4.69, 9.17) is 10.5 Å². The second kappa shape index (κ2) is 5.78. The standard InChI is InChI=1S/C12H16BrNO2S/c1-12(2,3)16-11(15)7-17-10-6-8(13)4-5-9(10)14/h4-6H,7,14H2,1-3H3. The molecule has 0 amide bonds. The first-order chi connectivity index (χ1) is 7.78. The van der Waals surface area contributed by atoms with Crippen molar-refractivity contribution >= 4 is 39.3 Å². The zero-order valence-electron chi connectivity index (χ0n) is 10.1. The molecule has 0 saturated carbocycles. The Bertz CT molecular complexity index is 415. The molecular formula is C12H16BrNO2S. The maximum absolute atomic E-state index is 11.5. The Balaban J connectivity index is 2.56. The summed E-state index contributed by atoms with van der Waals surface area (Å²) in [6, 6.07) is 5.57. The molecule has 0 aliphatic heterocycles. The fourth-order valence-corrected chi connectivity index (χ4v) is 2.43. The molecule has 94 valence electrons. The van der Waals surface area contributed by atoms with E-state index in [0.29, 0.717) is 5.69 Å². The number of nitrogen functional groups attached to an aromatic ring is 1. The summed E-state index contributed by atoms with van der Waals surface area (Å²) in [5.74, 6) is 0.0275. The fraction of sp³-hybridized carbons (Fsp3) is 0.417. The van der Waals surface area contributed by atoms with Gasteiger partial charge in [-0.1, -0.05) is 15.9 Å². The highest BCUT2D eigenvalue weighted by Crippen LogP contribution is 2.28. The van der Waals surface area contributed by atoms with Crippen molar-refractivity contribution in [1.29, 1.82) is 0 Å². The van der Waals surface area contributed by atoms with E-state index in [1.54, 1.807) is 0 Å². The predicted molar refractivity (Wildman–Crippen MR) is 75.1 cm³/mol. The van der Waals surface area contributed by atoms with E-state index >= 15 is 0 Å². The van der Waals surface area contributed by atoms with Gasteiger partial charge >= 0.3 is 5.97 Å². The summed E-state index contributed by atoms with van der Waals surface area (Å²) in [7, 11) is 0. The SMILES string of the molecule is CC(C)(C)OC(=O)CSc1cc(Br)ccc1N. The van der Waals surface area contributed by atoms with Crippen LogP contribution < -0.4 is 5.73 Å². The van der Waals surface area contributed by atoms with Crippen molar-refractivity contribution in [2.24, 2.45) is 0 Å². The topological polar surface area (TPSA) is 52.3 Å². The molecule has 1 rings (SSSR count). The normalized spacial score (nSPS) is 11.3. The lowest BCUT2D eigenvalue weighted by Crippen LogP contribution is -2.24. The van der Waals surface area contributed by atoms with Gasteiger partial charge in [0.2, 0.25) is 0 Å². The minimum atomic E-state index is -0.444. The largest absolute Gasteiger partial charge is 0.459 e. The van der Waals surface area contributed by atoms with Crippen molar-refractivity contribution in [3.63, 3.8) is 0 Å². The quantitative estimate of drug-likeness (QED) is 0.527. The van der Waals surface area contributed by atoms with Crippen molar-refractivity contribution in [3.05, 3.63) is 22.7 Å². The molecule has 0 heterocycles. The Hall–Kier alpha value is -0.680. The molecule has 2 N–H and O–H groups in total. The average Bonchev–Trinajstić information content (AvgIpc) is 2.17. The van der Waals surface area contributed by atoms with Gasteiger partial charge in [-0.25, -0.2) is 0 Å². The lowest BCUT2D eigenvalue weighted by molar-refractivity contribution is -0.151. The molecule has 0 saturated heterocycles. The van der Waals surface area contributed by atoms with Crippen molar-refractivity contribution < 1.29 is 9.53 Å². The van der Waals surface area contributed by atoms with Gasteiger partial charge in [-0.3, -0.25) is 4.79 Å². The van der Waals surface area contributed by atoms with Gasteiger partial charge in [-0.15, -0.1) is 11.8 Å². The van der Waals surface area contributed by atoms with E-state index in [1.807, 2.05) is 39.0 Å². The van der Waals surface area contributed by atoms with Crippen molar-refractivity contribution in [2.45, 2.75) is 31.3 Å². The summed E-state index contributed by atoms with van der Waals surface area (Å²) in [6.45, 7) is 5.55. The summed E-state index contributed by atoms with van der Waals surface area (Å²) < 4.78 is 6.16. The van der Waals surface area contributed by atoms with Gasteiger partial charge in [-0.05, 0) is 39.0 Å². The van der Waals surface area contributed by atoms with Crippen LogP contribution in [0.3, 0.4) is 0 Å². The molecule has 17 heavy (non-hydrogen) atoms. The summed E-state index contributed by atoms with van der Waals surface area (Å²) >= 11 is 4.75. The Labute approximate surface area is 114 Å². The molecule has 1 aromatic carbocycles. The number of rotatable bonds is 3. The van der Waals surface area contributed by atoms with E-state index in [1.165, 1.54) is 11.8 Å². The highest BCUT2D eigenvalue weighted by atomic mass is 79.9. The first-order valence-electron chi connectivity index (χ1n) is 5.17. The monoisotopic (exact) mass is 317 g/mol. The molecule has 0 aromatic heterocycles. The van der Waals surface area contributed by atoms with Crippen molar-refractivity contribution in [2.75, 3.05) is 11.5 Å².